The molecule has 4 aromatic rings. The second-order valence-corrected chi connectivity index (χ2v) is 8.58. The molecule has 0 saturated carbocycles. The van der Waals surface area contributed by atoms with E-state index in [2.05, 4.69) is 32.3 Å². The van der Waals surface area contributed by atoms with Crippen LogP contribution in [0.3, 0.4) is 0 Å². The average Bonchev–Trinajstić information content (AvgIpc) is 3.52. The average molecular weight is 445 g/mol. The van der Waals surface area contributed by atoms with Crippen molar-refractivity contribution in [3.8, 4) is 16.9 Å². The van der Waals surface area contributed by atoms with Crippen molar-refractivity contribution in [1.82, 2.24) is 15.3 Å². The van der Waals surface area contributed by atoms with Crippen LogP contribution in [-0.2, 0) is 4.79 Å². The molecular formula is C25H24N4O2S. The smallest absolute Gasteiger partial charge is 0.242 e. The van der Waals surface area contributed by atoms with Gasteiger partial charge in [0.15, 0.2) is 0 Å². The standard InChI is InChI=1S/C25H24N4O2S/c30-24(21-10-6-14-29(21)23-20-12-16-32-25(20)28-17-27-23)26-13-15-31-22-11-5-4-9-19(22)18-7-2-1-3-8-18/h1-5,7-9,11-12,16-17,21H,6,10,13-15H2,(H,26,30). The van der Waals surface area contributed by atoms with Crippen LogP contribution in [0.2, 0.25) is 0 Å². The molecule has 1 amide bonds. The van der Waals surface area contributed by atoms with Gasteiger partial charge in [-0.2, -0.15) is 0 Å². The van der Waals surface area contributed by atoms with Crippen LogP contribution in [0.15, 0.2) is 72.4 Å². The van der Waals surface area contributed by atoms with E-state index in [9.17, 15) is 4.79 Å². The van der Waals surface area contributed by atoms with E-state index < -0.39 is 0 Å². The summed E-state index contributed by atoms with van der Waals surface area (Å²) in [6.45, 7) is 1.68. The lowest BCUT2D eigenvalue weighted by Crippen LogP contribution is -2.44. The van der Waals surface area contributed by atoms with Crippen LogP contribution in [0.4, 0.5) is 5.82 Å². The Labute approximate surface area is 190 Å². The first-order valence-corrected chi connectivity index (χ1v) is 11.7. The summed E-state index contributed by atoms with van der Waals surface area (Å²) in [7, 11) is 0. The Bertz CT molecular complexity index is 1210. The highest BCUT2D eigenvalue weighted by atomic mass is 32.1. The topological polar surface area (TPSA) is 67.3 Å². The highest BCUT2D eigenvalue weighted by Gasteiger charge is 2.32. The third-order valence-corrected chi connectivity index (χ3v) is 6.52. The molecule has 0 radical (unpaired) electrons. The molecule has 5 rings (SSSR count). The predicted octanol–water partition coefficient (Wildman–Crippen LogP) is 4.52. The molecule has 162 valence electrons. The number of amides is 1. The second-order valence-electron chi connectivity index (χ2n) is 7.69. The number of benzene rings is 2. The molecule has 0 bridgehead atoms. The maximum Gasteiger partial charge on any atom is 0.242 e. The largest absolute Gasteiger partial charge is 0.491 e. The van der Waals surface area contributed by atoms with Gasteiger partial charge in [-0.05, 0) is 35.9 Å². The minimum atomic E-state index is -0.218. The van der Waals surface area contributed by atoms with Crippen molar-refractivity contribution in [3.05, 3.63) is 72.4 Å². The van der Waals surface area contributed by atoms with Gasteiger partial charge in [0.2, 0.25) is 5.91 Å². The maximum atomic E-state index is 13.0. The molecule has 1 aliphatic heterocycles. The first kappa shape index (κ1) is 20.5. The fraction of sp³-hybridized carbons (Fsp3) is 0.240. The van der Waals surface area contributed by atoms with E-state index in [-0.39, 0.29) is 11.9 Å². The van der Waals surface area contributed by atoms with Crippen molar-refractivity contribution in [2.24, 2.45) is 0 Å². The summed E-state index contributed by atoms with van der Waals surface area (Å²) < 4.78 is 6.02. The summed E-state index contributed by atoms with van der Waals surface area (Å²) in [6, 6.07) is 19.9. The molecule has 1 unspecified atom stereocenters. The van der Waals surface area contributed by atoms with Gasteiger partial charge in [-0.15, -0.1) is 11.3 Å². The van der Waals surface area contributed by atoms with Crippen molar-refractivity contribution in [2.75, 3.05) is 24.6 Å². The molecule has 1 N–H and O–H groups in total. The van der Waals surface area contributed by atoms with E-state index in [1.54, 1.807) is 17.7 Å². The summed E-state index contributed by atoms with van der Waals surface area (Å²) >= 11 is 1.59. The summed E-state index contributed by atoms with van der Waals surface area (Å²) in [5.74, 6) is 1.68. The van der Waals surface area contributed by atoms with Crippen LogP contribution >= 0.6 is 11.3 Å². The molecule has 2 aromatic heterocycles. The molecular weight excluding hydrogens is 420 g/mol. The number of para-hydroxylation sites is 1. The van der Waals surface area contributed by atoms with E-state index in [0.29, 0.717) is 13.2 Å². The van der Waals surface area contributed by atoms with Crippen LogP contribution in [0.25, 0.3) is 21.3 Å². The zero-order valence-electron chi connectivity index (χ0n) is 17.6. The number of carbonyl (C=O) groups excluding carboxylic acids is 1. The molecule has 0 aliphatic carbocycles. The minimum Gasteiger partial charge on any atom is -0.491 e. The number of nitrogens with one attached hydrogen (secondary N) is 1. The summed E-state index contributed by atoms with van der Waals surface area (Å²) in [5.41, 5.74) is 2.16. The van der Waals surface area contributed by atoms with E-state index in [4.69, 9.17) is 4.74 Å². The molecule has 1 aliphatic rings. The van der Waals surface area contributed by atoms with E-state index in [1.807, 2.05) is 53.9 Å². The number of fused-ring (bicyclic) bond motifs is 1. The summed E-state index contributed by atoms with van der Waals surface area (Å²) in [5, 5.41) is 6.07. The summed E-state index contributed by atoms with van der Waals surface area (Å²) in [4.78, 5) is 24.8. The maximum absolute atomic E-state index is 13.0. The molecule has 32 heavy (non-hydrogen) atoms. The number of hydrogen-bond acceptors (Lipinski definition) is 6. The lowest BCUT2D eigenvalue weighted by Gasteiger charge is -2.25. The van der Waals surface area contributed by atoms with Gasteiger partial charge in [0.05, 0.1) is 11.9 Å². The molecule has 1 atom stereocenters. The van der Waals surface area contributed by atoms with Crippen LogP contribution in [0.5, 0.6) is 5.75 Å². The molecule has 0 spiro atoms. The van der Waals surface area contributed by atoms with Crippen molar-refractivity contribution in [3.63, 3.8) is 0 Å². The lowest BCUT2D eigenvalue weighted by atomic mass is 10.1. The normalized spacial score (nSPS) is 15.8. The Morgan fingerprint density at radius 3 is 2.84 bits per heavy atom. The Balaban J connectivity index is 1.20. The molecule has 1 fully saturated rings. The Morgan fingerprint density at radius 2 is 1.94 bits per heavy atom. The highest BCUT2D eigenvalue weighted by molar-refractivity contribution is 7.16. The minimum absolute atomic E-state index is 0.0180. The highest BCUT2D eigenvalue weighted by Crippen LogP contribution is 2.32. The first-order chi connectivity index (χ1) is 15.8. The fourth-order valence-electron chi connectivity index (χ4n) is 4.20. The zero-order valence-corrected chi connectivity index (χ0v) is 18.4. The third kappa shape index (κ3) is 4.16. The number of hydrogen-bond donors (Lipinski definition) is 1. The van der Waals surface area contributed by atoms with Crippen LogP contribution < -0.4 is 15.0 Å². The van der Waals surface area contributed by atoms with E-state index in [1.165, 1.54) is 0 Å². The van der Waals surface area contributed by atoms with Gasteiger partial charge < -0.3 is 15.0 Å². The van der Waals surface area contributed by atoms with Gasteiger partial charge >= 0.3 is 0 Å². The quantitative estimate of drug-likeness (QED) is 0.425. The Hall–Kier alpha value is -3.45. The number of ether oxygens (including phenoxy) is 1. The van der Waals surface area contributed by atoms with Gasteiger partial charge in [-0.1, -0.05) is 48.5 Å². The predicted molar refractivity (Wildman–Crippen MR) is 128 cm³/mol. The second kappa shape index (κ2) is 9.36. The van der Waals surface area contributed by atoms with Crippen LogP contribution in [0.1, 0.15) is 12.8 Å². The Kier molecular flexibility index (Phi) is 5.98. The first-order valence-electron chi connectivity index (χ1n) is 10.8. The number of carbonyl (C=O) groups is 1. The molecule has 7 heteroatoms. The van der Waals surface area contributed by atoms with Crippen molar-refractivity contribution < 1.29 is 9.53 Å². The number of aromatic nitrogens is 2. The number of rotatable bonds is 7. The van der Waals surface area contributed by atoms with Crippen molar-refractivity contribution in [2.45, 2.75) is 18.9 Å². The van der Waals surface area contributed by atoms with Gasteiger partial charge in [-0.3, -0.25) is 4.79 Å². The number of thiophene rings is 1. The van der Waals surface area contributed by atoms with E-state index >= 15 is 0 Å². The van der Waals surface area contributed by atoms with Crippen molar-refractivity contribution in [1.29, 1.82) is 0 Å². The molecule has 3 heterocycles. The monoisotopic (exact) mass is 444 g/mol. The third-order valence-electron chi connectivity index (χ3n) is 5.70. The van der Waals surface area contributed by atoms with Gasteiger partial charge in [0, 0.05) is 12.1 Å². The van der Waals surface area contributed by atoms with Crippen LogP contribution in [0, 0.1) is 0 Å². The van der Waals surface area contributed by atoms with Crippen molar-refractivity contribution >= 4 is 33.3 Å². The molecule has 6 nitrogen and oxygen atoms in total. The fourth-order valence-corrected chi connectivity index (χ4v) is 4.93. The number of anilines is 1. The van der Waals surface area contributed by atoms with Gasteiger partial charge in [0.25, 0.3) is 0 Å². The van der Waals surface area contributed by atoms with Crippen LogP contribution in [-0.4, -0.2) is 41.6 Å². The van der Waals surface area contributed by atoms with E-state index in [0.717, 1.165) is 52.3 Å². The lowest BCUT2D eigenvalue weighted by molar-refractivity contribution is -0.122. The van der Waals surface area contributed by atoms with Gasteiger partial charge in [0.1, 0.15) is 35.4 Å². The SMILES string of the molecule is O=C(NCCOc1ccccc1-c1ccccc1)C1CCCN1c1ncnc2sccc12. The van der Waals surface area contributed by atoms with Gasteiger partial charge in [-0.25, -0.2) is 9.97 Å². The summed E-state index contributed by atoms with van der Waals surface area (Å²) in [6.07, 6.45) is 3.37. The molecule has 1 saturated heterocycles. The number of nitrogens with zero attached hydrogens (tertiary/aromatic N) is 3. The Morgan fingerprint density at radius 1 is 1.09 bits per heavy atom. The molecule has 2 aromatic carbocycles. The zero-order chi connectivity index (χ0) is 21.8.